The third kappa shape index (κ3) is 1.92. The standard InChI is InChI=1S/C8H12N2O3/c1-5(11)4-10-7(12)3-6(9-2)8(10)13/h6,9H,3-4H2,1-2H3/t6-/m0/s1. The summed E-state index contributed by atoms with van der Waals surface area (Å²) in [7, 11) is 1.62. The fraction of sp³-hybridized carbons (Fsp3) is 0.625. The van der Waals surface area contributed by atoms with E-state index in [9.17, 15) is 14.4 Å². The number of nitrogens with zero attached hydrogens (tertiary/aromatic N) is 1. The van der Waals surface area contributed by atoms with Crippen molar-refractivity contribution >= 4 is 17.6 Å². The van der Waals surface area contributed by atoms with Crippen LogP contribution in [0.1, 0.15) is 13.3 Å². The van der Waals surface area contributed by atoms with E-state index in [4.69, 9.17) is 0 Å². The summed E-state index contributed by atoms with van der Waals surface area (Å²) >= 11 is 0. The molecule has 0 aromatic heterocycles. The first-order valence-corrected chi connectivity index (χ1v) is 4.07. The summed E-state index contributed by atoms with van der Waals surface area (Å²) in [6.45, 7) is 1.25. The molecular formula is C8H12N2O3. The van der Waals surface area contributed by atoms with Crippen molar-refractivity contribution in [3.63, 3.8) is 0 Å². The molecule has 0 saturated carbocycles. The number of ketones is 1. The Labute approximate surface area is 76.1 Å². The Hall–Kier alpha value is -1.23. The summed E-state index contributed by atoms with van der Waals surface area (Å²) in [6, 6.07) is -0.452. The van der Waals surface area contributed by atoms with Gasteiger partial charge in [-0.3, -0.25) is 19.3 Å². The number of carbonyl (C=O) groups excluding carboxylic acids is 3. The van der Waals surface area contributed by atoms with Gasteiger partial charge in [-0.15, -0.1) is 0 Å². The molecule has 0 bridgehead atoms. The Morgan fingerprint density at radius 2 is 2.23 bits per heavy atom. The summed E-state index contributed by atoms with van der Waals surface area (Å²) in [4.78, 5) is 34.3. The highest BCUT2D eigenvalue weighted by molar-refractivity contribution is 6.07. The minimum absolute atomic E-state index is 0.101. The molecule has 0 spiro atoms. The summed E-state index contributed by atoms with van der Waals surface area (Å²) in [5, 5.41) is 2.72. The van der Waals surface area contributed by atoms with E-state index in [-0.39, 0.29) is 30.6 Å². The molecule has 72 valence electrons. The van der Waals surface area contributed by atoms with E-state index in [1.807, 2.05) is 0 Å². The lowest BCUT2D eigenvalue weighted by Crippen LogP contribution is -2.39. The Kier molecular flexibility index (Phi) is 2.77. The van der Waals surface area contributed by atoms with Gasteiger partial charge in [0.05, 0.1) is 19.0 Å². The summed E-state index contributed by atoms with van der Waals surface area (Å²) in [5.41, 5.74) is 0. The van der Waals surface area contributed by atoms with Crippen LogP contribution >= 0.6 is 0 Å². The fourth-order valence-electron chi connectivity index (χ4n) is 1.30. The normalized spacial score (nSPS) is 22.6. The smallest absolute Gasteiger partial charge is 0.247 e. The molecule has 2 amide bonds. The number of amides is 2. The molecule has 5 nitrogen and oxygen atoms in total. The first-order chi connectivity index (χ1) is 6.06. The van der Waals surface area contributed by atoms with Crippen LogP contribution in [-0.2, 0) is 14.4 Å². The maximum Gasteiger partial charge on any atom is 0.247 e. The van der Waals surface area contributed by atoms with Crippen LogP contribution in [0.2, 0.25) is 0 Å². The maximum atomic E-state index is 11.4. The van der Waals surface area contributed by atoms with E-state index in [1.165, 1.54) is 6.92 Å². The number of carbonyl (C=O) groups is 3. The Morgan fingerprint density at radius 1 is 1.62 bits per heavy atom. The lowest BCUT2D eigenvalue weighted by Gasteiger charge is -2.11. The number of hydrogen-bond acceptors (Lipinski definition) is 4. The molecule has 1 aliphatic heterocycles. The number of imide groups is 1. The molecule has 1 fully saturated rings. The van der Waals surface area contributed by atoms with Gasteiger partial charge in [-0.2, -0.15) is 0 Å². The second-order valence-corrected chi connectivity index (χ2v) is 3.07. The zero-order valence-corrected chi connectivity index (χ0v) is 7.66. The quantitative estimate of drug-likeness (QED) is 0.567. The second kappa shape index (κ2) is 3.66. The van der Waals surface area contributed by atoms with Gasteiger partial charge < -0.3 is 5.32 Å². The van der Waals surface area contributed by atoms with Crippen molar-refractivity contribution in [2.45, 2.75) is 19.4 Å². The van der Waals surface area contributed by atoms with Gasteiger partial charge in [-0.1, -0.05) is 0 Å². The summed E-state index contributed by atoms with van der Waals surface area (Å²) in [5.74, 6) is -0.763. The van der Waals surface area contributed by atoms with E-state index in [2.05, 4.69) is 5.32 Å². The summed E-state index contributed by atoms with van der Waals surface area (Å²) < 4.78 is 0. The van der Waals surface area contributed by atoms with Crippen LogP contribution in [0.4, 0.5) is 0 Å². The van der Waals surface area contributed by atoms with Crippen molar-refractivity contribution in [2.75, 3.05) is 13.6 Å². The highest BCUT2D eigenvalue weighted by Gasteiger charge is 2.37. The first-order valence-electron chi connectivity index (χ1n) is 4.07. The molecule has 13 heavy (non-hydrogen) atoms. The van der Waals surface area contributed by atoms with E-state index in [0.29, 0.717) is 0 Å². The molecule has 1 atom stereocenters. The fourth-order valence-corrected chi connectivity index (χ4v) is 1.30. The molecule has 0 radical (unpaired) electrons. The Bertz CT molecular complexity index is 262. The predicted molar refractivity (Wildman–Crippen MR) is 44.9 cm³/mol. The van der Waals surface area contributed by atoms with Gasteiger partial charge >= 0.3 is 0 Å². The van der Waals surface area contributed by atoms with Crippen molar-refractivity contribution in [2.24, 2.45) is 0 Å². The van der Waals surface area contributed by atoms with Gasteiger partial charge in [0, 0.05) is 0 Å². The topological polar surface area (TPSA) is 66.5 Å². The highest BCUT2D eigenvalue weighted by atomic mass is 16.2. The average Bonchev–Trinajstić information content (AvgIpc) is 2.31. The van der Waals surface area contributed by atoms with Crippen LogP contribution < -0.4 is 5.32 Å². The van der Waals surface area contributed by atoms with Crippen molar-refractivity contribution in [3.8, 4) is 0 Å². The number of nitrogens with one attached hydrogen (secondary N) is 1. The molecule has 1 aliphatic rings. The first kappa shape index (κ1) is 9.85. The lowest BCUT2D eigenvalue weighted by atomic mass is 10.2. The molecule has 0 unspecified atom stereocenters. The Morgan fingerprint density at radius 3 is 2.62 bits per heavy atom. The molecule has 0 aromatic rings. The molecule has 1 heterocycles. The molecule has 1 rings (SSSR count). The molecule has 0 aromatic carbocycles. The monoisotopic (exact) mass is 184 g/mol. The van der Waals surface area contributed by atoms with Crippen molar-refractivity contribution in [3.05, 3.63) is 0 Å². The number of hydrogen-bond donors (Lipinski definition) is 1. The minimum atomic E-state index is -0.452. The van der Waals surface area contributed by atoms with Gasteiger partial charge in [-0.25, -0.2) is 0 Å². The SMILES string of the molecule is CN[C@H]1CC(=O)N(CC(C)=O)C1=O. The largest absolute Gasteiger partial charge is 0.308 e. The molecular weight excluding hydrogens is 172 g/mol. The van der Waals surface area contributed by atoms with Gasteiger partial charge in [0.25, 0.3) is 0 Å². The van der Waals surface area contributed by atoms with Crippen molar-refractivity contribution < 1.29 is 14.4 Å². The van der Waals surface area contributed by atoms with Gasteiger partial charge in [0.1, 0.15) is 5.78 Å². The van der Waals surface area contributed by atoms with Crippen molar-refractivity contribution in [1.82, 2.24) is 10.2 Å². The van der Waals surface area contributed by atoms with Gasteiger partial charge in [0.2, 0.25) is 11.8 Å². The number of likely N-dealkylation sites (N-methyl/N-ethyl adjacent to an activating group) is 1. The summed E-state index contributed by atoms with van der Waals surface area (Å²) in [6.07, 6.45) is 0.155. The van der Waals surface area contributed by atoms with Crippen LogP contribution in [0.5, 0.6) is 0 Å². The second-order valence-electron chi connectivity index (χ2n) is 3.07. The van der Waals surface area contributed by atoms with E-state index in [0.717, 1.165) is 4.90 Å². The van der Waals surface area contributed by atoms with Gasteiger partial charge in [0.15, 0.2) is 0 Å². The van der Waals surface area contributed by atoms with Crippen LogP contribution in [0, 0.1) is 0 Å². The predicted octanol–water partition coefficient (Wildman–Crippen LogP) is -1.08. The lowest BCUT2D eigenvalue weighted by molar-refractivity contribution is -0.141. The van der Waals surface area contributed by atoms with Gasteiger partial charge in [-0.05, 0) is 14.0 Å². The van der Waals surface area contributed by atoms with Crippen LogP contribution in [0.15, 0.2) is 0 Å². The number of Topliss-reactive ketones (excluding diaryl/α,β-unsaturated/α-hetero) is 1. The van der Waals surface area contributed by atoms with Crippen LogP contribution in [0.3, 0.4) is 0 Å². The molecule has 0 aliphatic carbocycles. The maximum absolute atomic E-state index is 11.4. The average molecular weight is 184 g/mol. The Balaban J connectivity index is 2.70. The molecule has 5 heteroatoms. The highest BCUT2D eigenvalue weighted by Crippen LogP contribution is 2.11. The number of likely N-dealkylation sites (tertiary alicyclic amines) is 1. The molecule has 1 N–H and O–H groups in total. The van der Waals surface area contributed by atoms with E-state index < -0.39 is 6.04 Å². The number of rotatable bonds is 3. The van der Waals surface area contributed by atoms with Crippen LogP contribution in [-0.4, -0.2) is 42.1 Å². The van der Waals surface area contributed by atoms with Crippen LogP contribution in [0.25, 0.3) is 0 Å². The third-order valence-corrected chi connectivity index (χ3v) is 1.97. The van der Waals surface area contributed by atoms with Crippen molar-refractivity contribution in [1.29, 1.82) is 0 Å². The third-order valence-electron chi connectivity index (χ3n) is 1.97. The van der Waals surface area contributed by atoms with E-state index >= 15 is 0 Å². The zero-order chi connectivity index (χ0) is 10.0. The van der Waals surface area contributed by atoms with E-state index in [1.54, 1.807) is 7.05 Å². The molecule has 1 saturated heterocycles. The zero-order valence-electron chi connectivity index (χ0n) is 7.66. The minimum Gasteiger partial charge on any atom is -0.308 e.